The van der Waals surface area contributed by atoms with E-state index in [2.05, 4.69) is 5.32 Å². The highest BCUT2D eigenvalue weighted by atomic mass is 32.2. The van der Waals surface area contributed by atoms with Crippen molar-refractivity contribution < 1.29 is 13.9 Å². The van der Waals surface area contributed by atoms with E-state index >= 15 is 0 Å². The van der Waals surface area contributed by atoms with Crippen LogP contribution < -0.4 is 10.1 Å². The second-order valence-corrected chi connectivity index (χ2v) is 7.29. The Hall–Kier alpha value is -2.79. The maximum absolute atomic E-state index is 13.0. The van der Waals surface area contributed by atoms with Crippen LogP contribution in [-0.2, 0) is 10.5 Å². The van der Waals surface area contributed by atoms with Crippen molar-refractivity contribution >= 4 is 17.7 Å². The first-order chi connectivity index (χ1) is 13.7. The minimum atomic E-state index is -0.253. The molecule has 3 nitrogen and oxygen atoms in total. The molecule has 1 unspecified atom stereocenters. The fourth-order valence-electron chi connectivity index (χ4n) is 2.85. The van der Waals surface area contributed by atoms with E-state index in [-0.39, 0.29) is 17.8 Å². The molecule has 0 heterocycles. The molecule has 1 N–H and O–H groups in total. The maximum atomic E-state index is 13.0. The van der Waals surface area contributed by atoms with Gasteiger partial charge in [0.15, 0.2) is 0 Å². The molecule has 0 saturated heterocycles. The lowest BCUT2D eigenvalue weighted by molar-refractivity contribution is -0.119. The van der Waals surface area contributed by atoms with Gasteiger partial charge in [-0.3, -0.25) is 4.79 Å². The van der Waals surface area contributed by atoms with E-state index in [1.807, 2.05) is 54.6 Å². The minimum Gasteiger partial charge on any atom is -0.497 e. The zero-order chi connectivity index (χ0) is 19.8. The molecule has 0 saturated carbocycles. The molecule has 0 bridgehead atoms. The predicted octanol–water partition coefficient (Wildman–Crippen LogP) is 4.97. The van der Waals surface area contributed by atoms with E-state index in [0.29, 0.717) is 11.5 Å². The number of methoxy groups -OCH3 is 1. The summed E-state index contributed by atoms with van der Waals surface area (Å²) in [7, 11) is 1.63. The summed E-state index contributed by atoms with van der Waals surface area (Å²) >= 11 is 1.50. The summed E-state index contributed by atoms with van der Waals surface area (Å²) in [4.78, 5) is 12.6. The molecule has 3 rings (SSSR count). The van der Waals surface area contributed by atoms with Gasteiger partial charge >= 0.3 is 0 Å². The standard InChI is InChI=1S/C23H22FNO2S/c1-27-21-13-9-19(10-14-21)23(18-5-3-2-4-6-18)25-22(26)16-28-15-17-7-11-20(24)12-8-17/h2-14,23H,15-16H2,1H3,(H,25,26). The van der Waals surface area contributed by atoms with Crippen LogP contribution in [0.1, 0.15) is 22.7 Å². The van der Waals surface area contributed by atoms with Gasteiger partial charge in [0.1, 0.15) is 11.6 Å². The quantitative estimate of drug-likeness (QED) is 0.585. The van der Waals surface area contributed by atoms with Gasteiger partial charge in [-0.1, -0.05) is 54.6 Å². The van der Waals surface area contributed by atoms with Gasteiger partial charge in [0, 0.05) is 5.75 Å². The van der Waals surface area contributed by atoms with Crippen LogP contribution in [0.3, 0.4) is 0 Å². The molecular weight excluding hydrogens is 373 g/mol. The summed E-state index contributed by atoms with van der Waals surface area (Å²) in [6.07, 6.45) is 0. The number of ether oxygens (including phenoxy) is 1. The molecule has 0 radical (unpaired) electrons. The Morgan fingerprint density at radius 2 is 1.61 bits per heavy atom. The first-order valence-corrected chi connectivity index (χ1v) is 10.1. The fourth-order valence-corrected chi connectivity index (χ4v) is 3.64. The van der Waals surface area contributed by atoms with Crippen molar-refractivity contribution in [3.8, 4) is 5.75 Å². The first kappa shape index (κ1) is 20.0. The minimum absolute atomic E-state index is 0.0446. The molecule has 144 valence electrons. The van der Waals surface area contributed by atoms with Crippen molar-refractivity contribution in [2.75, 3.05) is 12.9 Å². The van der Waals surface area contributed by atoms with E-state index in [1.165, 1.54) is 23.9 Å². The van der Waals surface area contributed by atoms with E-state index in [0.717, 1.165) is 22.4 Å². The molecule has 1 atom stereocenters. The molecular formula is C23H22FNO2S. The number of hydrogen-bond acceptors (Lipinski definition) is 3. The van der Waals surface area contributed by atoms with Crippen molar-refractivity contribution in [1.29, 1.82) is 0 Å². The molecule has 28 heavy (non-hydrogen) atoms. The van der Waals surface area contributed by atoms with E-state index in [4.69, 9.17) is 4.74 Å². The number of halogens is 1. The number of amides is 1. The maximum Gasteiger partial charge on any atom is 0.230 e. The summed E-state index contributed by atoms with van der Waals surface area (Å²) in [5, 5.41) is 3.12. The third kappa shape index (κ3) is 5.60. The predicted molar refractivity (Wildman–Crippen MR) is 112 cm³/mol. The zero-order valence-electron chi connectivity index (χ0n) is 15.6. The Balaban J connectivity index is 1.64. The number of thioether (sulfide) groups is 1. The number of nitrogens with one attached hydrogen (secondary N) is 1. The number of benzene rings is 3. The average Bonchev–Trinajstić information content (AvgIpc) is 2.74. The third-order valence-corrected chi connectivity index (χ3v) is 5.31. The summed E-state index contributed by atoms with van der Waals surface area (Å²) < 4.78 is 18.2. The van der Waals surface area contributed by atoms with Crippen LogP contribution in [0.2, 0.25) is 0 Å². The van der Waals surface area contributed by atoms with Crippen LogP contribution >= 0.6 is 11.8 Å². The molecule has 3 aromatic rings. The number of rotatable bonds is 8. The molecule has 0 aliphatic heterocycles. The fraction of sp³-hybridized carbons (Fsp3) is 0.174. The number of hydrogen-bond donors (Lipinski definition) is 1. The van der Waals surface area contributed by atoms with Gasteiger partial charge in [-0.2, -0.15) is 0 Å². The molecule has 5 heteroatoms. The number of carbonyl (C=O) groups excluding carboxylic acids is 1. The second kappa shape index (κ2) is 9.95. The van der Waals surface area contributed by atoms with Gasteiger partial charge in [-0.05, 0) is 41.0 Å². The van der Waals surface area contributed by atoms with Gasteiger partial charge in [0.2, 0.25) is 5.91 Å². The largest absolute Gasteiger partial charge is 0.497 e. The van der Waals surface area contributed by atoms with E-state index < -0.39 is 0 Å². The van der Waals surface area contributed by atoms with Crippen molar-refractivity contribution in [3.05, 3.63) is 101 Å². The third-order valence-electron chi connectivity index (χ3n) is 4.30. The monoisotopic (exact) mass is 395 g/mol. The van der Waals surface area contributed by atoms with Crippen molar-refractivity contribution in [2.24, 2.45) is 0 Å². The molecule has 3 aromatic carbocycles. The summed E-state index contributed by atoms with van der Waals surface area (Å²) in [5.41, 5.74) is 3.00. The molecule has 0 aliphatic carbocycles. The van der Waals surface area contributed by atoms with E-state index in [1.54, 1.807) is 19.2 Å². The Labute approximate surface area is 168 Å². The molecule has 0 aliphatic rings. The lowest BCUT2D eigenvalue weighted by Crippen LogP contribution is -2.30. The van der Waals surface area contributed by atoms with Gasteiger partial charge in [-0.15, -0.1) is 11.8 Å². The average molecular weight is 395 g/mol. The zero-order valence-corrected chi connectivity index (χ0v) is 16.4. The van der Waals surface area contributed by atoms with Crippen LogP contribution in [0.5, 0.6) is 5.75 Å². The van der Waals surface area contributed by atoms with Crippen molar-refractivity contribution in [3.63, 3.8) is 0 Å². The van der Waals surface area contributed by atoms with Gasteiger partial charge in [-0.25, -0.2) is 4.39 Å². The Morgan fingerprint density at radius 1 is 0.964 bits per heavy atom. The lowest BCUT2D eigenvalue weighted by atomic mass is 9.98. The Kier molecular flexibility index (Phi) is 7.09. The summed E-state index contributed by atoms with van der Waals surface area (Å²) in [6, 6.07) is 23.7. The molecule has 0 aromatic heterocycles. The van der Waals surface area contributed by atoms with Crippen LogP contribution in [0.4, 0.5) is 4.39 Å². The second-order valence-electron chi connectivity index (χ2n) is 6.30. The normalized spacial score (nSPS) is 11.6. The van der Waals surface area contributed by atoms with Crippen molar-refractivity contribution in [1.82, 2.24) is 5.32 Å². The molecule has 0 spiro atoms. The van der Waals surface area contributed by atoms with Gasteiger partial charge < -0.3 is 10.1 Å². The highest BCUT2D eigenvalue weighted by molar-refractivity contribution is 7.99. The molecule has 0 fully saturated rings. The van der Waals surface area contributed by atoms with Crippen molar-refractivity contribution in [2.45, 2.75) is 11.8 Å². The highest BCUT2D eigenvalue weighted by Crippen LogP contribution is 2.24. The highest BCUT2D eigenvalue weighted by Gasteiger charge is 2.17. The topological polar surface area (TPSA) is 38.3 Å². The van der Waals surface area contributed by atoms with Crippen LogP contribution in [0.15, 0.2) is 78.9 Å². The smallest absolute Gasteiger partial charge is 0.230 e. The first-order valence-electron chi connectivity index (χ1n) is 8.96. The van der Waals surface area contributed by atoms with Crippen LogP contribution in [-0.4, -0.2) is 18.8 Å². The SMILES string of the molecule is COc1ccc(C(NC(=O)CSCc2ccc(F)cc2)c2ccccc2)cc1. The summed E-state index contributed by atoms with van der Waals surface area (Å²) in [5.74, 6) is 1.47. The van der Waals surface area contributed by atoms with E-state index in [9.17, 15) is 9.18 Å². The lowest BCUT2D eigenvalue weighted by Gasteiger charge is -2.20. The molecule has 1 amide bonds. The van der Waals surface area contributed by atoms with Crippen LogP contribution in [0, 0.1) is 5.82 Å². The Morgan fingerprint density at radius 3 is 2.25 bits per heavy atom. The Bertz CT molecular complexity index is 883. The number of carbonyl (C=O) groups is 1. The van der Waals surface area contributed by atoms with Crippen LogP contribution in [0.25, 0.3) is 0 Å². The summed E-state index contributed by atoms with van der Waals surface area (Å²) in [6.45, 7) is 0. The van der Waals surface area contributed by atoms with Gasteiger partial charge in [0.25, 0.3) is 0 Å². The van der Waals surface area contributed by atoms with Gasteiger partial charge in [0.05, 0.1) is 18.9 Å².